The van der Waals surface area contributed by atoms with Crippen LogP contribution in [0.2, 0.25) is 0 Å². The SMILES string of the molecule is CC1(C)C2CCC1(C)C(NCCSP(=O)(OO)OO)C2. The molecule has 3 unspecified atom stereocenters. The van der Waals surface area contributed by atoms with Crippen molar-refractivity contribution in [1.29, 1.82) is 0 Å². The van der Waals surface area contributed by atoms with Crippen molar-refractivity contribution in [2.24, 2.45) is 16.7 Å². The number of fused-ring (bicyclic) bond motifs is 2. The molecule has 3 atom stereocenters. The molecule has 0 radical (unpaired) electrons. The van der Waals surface area contributed by atoms with Crippen molar-refractivity contribution >= 4 is 18.2 Å². The molecule has 0 saturated heterocycles. The maximum absolute atomic E-state index is 11.4. The Hall–Kier alpha value is 0.380. The largest absolute Gasteiger partial charge is 0.442 e. The number of nitrogens with one attached hydrogen (secondary N) is 1. The molecule has 2 aliphatic carbocycles. The molecule has 0 aliphatic heterocycles. The molecule has 0 amide bonds. The molecular formula is C12H24NO5PS. The molecule has 0 heterocycles. The van der Waals surface area contributed by atoms with Gasteiger partial charge >= 0.3 is 6.80 Å². The van der Waals surface area contributed by atoms with E-state index in [1.54, 1.807) is 0 Å². The normalized spacial score (nSPS) is 35.6. The van der Waals surface area contributed by atoms with Gasteiger partial charge in [0.1, 0.15) is 0 Å². The highest BCUT2D eigenvalue weighted by molar-refractivity contribution is 8.55. The summed E-state index contributed by atoms with van der Waals surface area (Å²) in [7, 11) is 0. The van der Waals surface area contributed by atoms with Crippen molar-refractivity contribution < 1.29 is 24.4 Å². The number of hydrogen-bond acceptors (Lipinski definition) is 7. The molecule has 2 aliphatic rings. The van der Waals surface area contributed by atoms with Crippen LogP contribution < -0.4 is 5.32 Å². The second-order valence-electron chi connectivity index (χ2n) is 6.56. The van der Waals surface area contributed by atoms with Gasteiger partial charge < -0.3 is 5.32 Å². The maximum atomic E-state index is 11.4. The molecule has 0 spiro atoms. The smallest absolute Gasteiger partial charge is 0.313 e. The van der Waals surface area contributed by atoms with Gasteiger partial charge in [0.05, 0.1) is 0 Å². The molecule has 6 nitrogen and oxygen atoms in total. The predicted octanol–water partition coefficient (Wildman–Crippen LogP) is 3.61. The average molecular weight is 325 g/mol. The predicted molar refractivity (Wildman–Crippen MR) is 78.5 cm³/mol. The van der Waals surface area contributed by atoms with E-state index in [1.165, 1.54) is 19.3 Å². The van der Waals surface area contributed by atoms with Crippen molar-refractivity contribution in [2.75, 3.05) is 12.3 Å². The van der Waals surface area contributed by atoms with Gasteiger partial charge in [-0.1, -0.05) is 20.8 Å². The Bertz CT molecular complexity index is 399. The summed E-state index contributed by atoms with van der Waals surface area (Å²) in [5, 5.41) is 20.3. The summed E-state index contributed by atoms with van der Waals surface area (Å²) < 4.78 is 18.8. The summed E-state index contributed by atoms with van der Waals surface area (Å²) >= 11 is 0.775. The fourth-order valence-electron chi connectivity index (χ4n) is 3.97. The van der Waals surface area contributed by atoms with Gasteiger partial charge in [-0.05, 0) is 47.4 Å². The molecule has 0 aromatic heterocycles. The minimum absolute atomic E-state index is 0.299. The molecule has 2 rings (SSSR count). The van der Waals surface area contributed by atoms with Crippen molar-refractivity contribution in [3.05, 3.63) is 0 Å². The molecular weight excluding hydrogens is 301 g/mol. The highest BCUT2D eigenvalue weighted by Gasteiger charge is 2.60. The molecule has 118 valence electrons. The van der Waals surface area contributed by atoms with E-state index in [0.29, 0.717) is 29.2 Å². The Labute approximate surface area is 123 Å². The van der Waals surface area contributed by atoms with Gasteiger partial charge in [-0.3, -0.25) is 0 Å². The Balaban J connectivity index is 1.81. The standard InChI is InChI=1S/C12H24NO5PS/c1-11(2)9-4-5-12(11,3)10(8-9)13-6-7-20-19(16,17-14)18-15/h9-10,13-15H,4-8H2,1-3H3. The van der Waals surface area contributed by atoms with Crippen molar-refractivity contribution in [2.45, 2.75) is 46.1 Å². The zero-order valence-corrected chi connectivity index (χ0v) is 13.9. The van der Waals surface area contributed by atoms with Crippen LogP contribution in [0, 0.1) is 16.7 Å². The Morgan fingerprint density at radius 1 is 1.35 bits per heavy atom. The maximum Gasteiger partial charge on any atom is 0.442 e. The van der Waals surface area contributed by atoms with Gasteiger partial charge in [-0.2, -0.15) is 0 Å². The van der Waals surface area contributed by atoms with Gasteiger partial charge in [-0.25, -0.2) is 15.1 Å². The van der Waals surface area contributed by atoms with Crippen LogP contribution in [0.4, 0.5) is 0 Å². The first-order chi connectivity index (χ1) is 9.29. The van der Waals surface area contributed by atoms with E-state index < -0.39 is 6.80 Å². The molecule has 2 saturated carbocycles. The van der Waals surface area contributed by atoms with E-state index in [0.717, 1.165) is 17.3 Å². The first kappa shape index (κ1) is 16.7. The zero-order chi connectivity index (χ0) is 15.0. The minimum atomic E-state index is -3.81. The molecule has 2 fully saturated rings. The van der Waals surface area contributed by atoms with Crippen LogP contribution in [-0.4, -0.2) is 28.9 Å². The molecule has 0 aromatic rings. The number of hydrogen-bond donors (Lipinski definition) is 3. The van der Waals surface area contributed by atoms with Crippen LogP contribution in [0.3, 0.4) is 0 Å². The first-order valence-electron chi connectivity index (χ1n) is 6.93. The molecule has 20 heavy (non-hydrogen) atoms. The highest BCUT2D eigenvalue weighted by Crippen LogP contribution is 2.65. The van der Waals surface area contributed by atoms with Gasteiger partial charge in [0.25, 0.3) is 0 Å². The lowest BCUT2D eigenvalue weighted by atomic mass is 9.69. The summed E-state index contributed by atoms with van der Waals surface area (Å²) in [6.45, 7) is 3.88. The second kappa shape index (κ2) is 5.88. The van der Waals surface area contributed by atoms with Crippen LogP contribution in [0.1, 0.15) is 40.0 Å². The van der Waals surface area contributed by atoms with Gasteiger partial charge in [-0.15, -0.1) is 9.35 Å². The minimum Gasteiger partial charge on any atom is -0.313 e. The summed E-state index contributed by atoms with van der Waals surface area (Å²) in [6, 6.07) is 0.460. The van der Waals surface area contributed by atoms with Crippen LogP contribution >= 0.6 is 18.2 Å². The summed E-state index contributed by atoms with van der Waals surface area (Å²) in [4.78, 5) is 0. The Morgan fingerprint density at radius 3 is 2.45 bits per heavy atom. The lowest BCUT2D eigenvalue weighted by Crippen LogP contribution is -2.45. The third kappa shape index (κ3) is 2.70. The van der Waals surface area contributed by atoms with Crippen molar-refractivity contribution in [3.8, 4) is 0 Å². The van der Waals surface area contributed by atoms with Crippen LogP contribution in [0.15, 0.2) is 0 Å². The quantitative estimate of drug-likeness (QED) is 0.285. The summed E-state index contributed by atoms with van der Waals surface area (Å²) in [5.74, 6) is 1.20. The zero-order valence-electron chi connectivity index (χ0n) is 12.2. The van der Waals surface area contributed by atoms with Crippen LogP contribution in [-0.2, 0) is 13.9 Å². The van der Waals surface area contributed by atoms with E-state index in [1.807, 2.05) is 0 Å². The van der Waals surface area contributed by atoms with Crippen molar-refractivity contribution in [1.82, 2.24) is 5.32 Å². The summed E-state index contributed by atoms with van der Waals surface area (Å²) in [5.41, 5.74) is 0.655. The molecule has 2 bridgehead atoms. The Kier molecular flexibility index (Phi) is 4.92. The summed E-state index contributed by atoms with van der Waals surface area (Å²) in [6.07, 6.45) is 3.73. The van der Waals surface area contributed by atoms with Crippen molar-refractivity contribution in [3.63, 3.8) is 0 Å². The molecule has 0 aromatic carbocycles. The number of rotatable bonds is 7. The Morgan fingerprint density at radius 2 is 2.00 bits per heavy atom. The first-order valence-corrected chi connectivity index (χ1v) is 10.1. The fourth-order valence-corrected chi connectivity index (χ4v) is 5.75. The van der Waals surface area contributed by atoms with Gasteiger partial charge in [0.2, 0.25) is 0 Å². The lowest BCUT2D eigenvalue weighted by molar-refractivity contribution is -0.201. The average Bonchev–Trinajstić information content (AvgIpc) is 2.76. The molecule has 3 N–H and O–H groups in total. The highest BCUT2D eigenvalue weighted by atomic mass is 32.7. The topological polar surface area (TPSA) is 88.0 Å². The third-order valence-electron chi connectivity index (χ3n) is 5.74. The van der Waals surface area contributed by atoms with Crippen LogP contribution in [0.5, 0.6) is 0 Å². The second-order valence-corrected chi connectivity index (χ2v) is 10.6. The lowest BCUT2D eigenvalue weighted by Gasteiger charge is -2.39. The van der Waals surface area contributed by atoms with Gasteiger partial charge in [0, 0.05) is 18.3 Å². The monoisotopic (exact) mass is 325 g/mol. The van der Waals surface area contributed by atoms with E-state index in [-0.39, 0.29) is 0 Å². The fraction of sp³-hybridized carbons (Fsp3) is 1.00. The van der Waals surface area contributed by atoms with E-state index in [4.69, 9.17) is 10.5 Å². The van der Waals surface area contributed by atoms with E-state index >= 15 is 0 Å². The van der Waals surface area contributed by atoms with Crippen LogP contribution in [0.25, 0.3) is 0 Å². The third-order valence-corrected chi connectivity index (χ3v) is 8.74. The van der Waals surface area contributed by atoms with E-state index in [9.17, 15) is 4.57 Å². The van der Waals surface area contributed by atoms with E-state index in [2.05, 4.69) is 35.4 Å². The van der Waals surface area contributed by atoms with Gasteiger partial charge in [0.15, 0.2) is 0 Å². The molecule has 8 heteroatoms.